The first-order valence-electron chi connectivity index (χ1n) is 8.40. The van der Waals surface area contributed by atoms with Gasteiger partial charge in [0.1, 0.15) is 0 Å². The summed E-state index contributed by atoms with van der Waals surface area (Å²) in [7, 11) is 1.68. The third kappa shape index (κ3) is 6.95. The predicted molar refractivity (Wildman–Crippen MR) is 104 cm³/mol. The smallest absolute Gasteiger partial charge is 0.243 e. The third-order valence-corrected chi connectivity index (χ3v) is 5.05. The second-order valence-electron chi connectivity index (χ2n) is 6.79. The number of nitrogens with zero attached hydrogens (tertiary/aromatic N) is 1. The lowest BCUT2D eigenvalue weighted by atomic mass is 10.1. The van der Waals surface area contributed by atoms with E-state index in [0.29, 0.717) is 12.3 Å². The molecule has 1 rings (SSSR count). The average molecular weight is 351 g/mol. The Morgan fingerprint density at radius 3 is 2.29 bits per heavy atom. The van der Waals surface area contributed by atoms with Crippen molar-refractivity contribution in [2.75, 3.05) is 30.4 Å². The largest absolute Gasteiger partial charge is 0.336 e. The first-order chi connectivity index (χ1) is 11.2. The van der Waals surface area contributed by atoms with Crippen LogP contribution in [-0.2, 0) is 9.59 Å². The zero-order valence-corrected chi connectivity index (χ0v) is 16.5. The first-order valence-corrected chi connectivity index (χ1v) is 9.55. The summed E-state index contributed by atoms with van der Waals surface area (Å²) in [5.41, 5.74) is 4.10. The normalized spacial score (nSPS) is 10.8. The summed E-state index contributed by atoms with van der Waals surface area (Å²) in [5, 5.41) is 2.94. The van der Waals surface area contributed by atoms with Crippen molar-refractivity contribution < 1.29 is 9.59 Å². The van der Waals surface area contributed by atoms with Crippen LogP contribution in [0.3, 0.4) is 0 Å². The highest BCUT2D eigenvalue weighted by molar-refractivity contribution is 7.99. The van der Waals surface area contributed by atoms with Crippen molar-refractivity contribution in [3.63, 3.8) is 0 Å². The van der Waals surface area contributed by atoms with Crippen molar-refractivity contribution in [1.82, 2.24) is 4.90 Å². The molecule has 0 bridgehead atoms. The lowest BCUT2D eigenvalue weighted by Gasteiger charge is -2.18. The number of aryl methyl sites for hydroxylation is 3. The number of amides is 2. The van der Waals surface area contributed by atoms with Crippen molar-refractivity contribution in [1.29, 1.82) is 0 Å². The van der Waals surface area contributed by atoms with E-state index in [1.54, 1.807) is 18.8 Å². The lowest BCUT2D eigenvalue weighted by Crippen LogP contribution is -2.35. The number of hydrogen-bond donors (Lipinski definition) is 1. The van der Waals surface area contributed by atoms with E-state index in [0.717, 1.165) is 28.3 Å². The Balaban J connectivity index is 2.48. The highest BCUT2D eigenvalue weighted by atomic mass is 32.2. The summed E-state index contributed by atoms with van der Waals surface area (Å²) < 4.78 is 0. The Labute approximate surface area is 150 Å². The molecule has 0 spiro atoms. The molecule has 24 heavy (non-hydrogen) atoms. The summed E-state index contributed by atoms with van der Waals surface area (Å²) in [6.45, 7) is 10.4. The van der Waals surface area contributed by atoms with Crippen LogP contribution in [0.5, 0.6) is 0 Å². The van der Waals surface area contributed by atoms with Gasteiger partial charge < -0.3 is 10.2 Å². The highest BCUT2D eigenvalue weighted by Crippen LogP contribution is 2.21. The fourth-order valence-corrected chi connectivity index (χ4v) is 3.49. The number of carbonyl (C=O) groups excluding carboxylic acids is 2. The van der Waals surface area contributed by atoms with Crippen LogP contribution in [0.4, 0.5) is 5.69 Å². The molecule has 0 aliphatic heterocycles. The van der Waals surface area contributed by atoms with Crippen LogP contribution in [0.1, 0.15) is 37.0 Å². The molecule has 5 heteroatoms. The second kappa shape index (κ2) is 9.72. The Morgan fingerprint density at radius 1 is 1.17 bits per heavy atom. The summed E-state index contributed by atoms with van der Waals surface area (Å²) in [4.78, 5) is 25.8. The Morgan fingerprint density at radius 2 is 1.75 bits per heavy atom. The van der Waals surface area contributed by atoms with Crippen LogP contribution in [0.15, 0.2) is 12.1 Å². The van der Waals surface area contributed by atoms with E-state index in [-0.39, 0.29) is 18.4 Å². The highest BCUT2D eigenvalue weighted by Gasteiger charge is 2.14. The number of nitrogens with one attached hydrogen (secondary N) is 1. The molecule has 0 saturated heterocycles. The molecule has 0 heterocycles. The van der Waals surface area contributed by atoms with Gasteiger partial charge in [0.05, 0.1) is 6.54 Å². The van der Waals surface area contributed by atoms with Crippen LogP contribution in [0.25, 0.3) is 0 Å². The van der Waals surface area contributed by atoms with E-state index in [4.69, 9.17) is 0 Å². The molecule has 134 valence electrons. The standard InChI is InChI=1S/C19H30N2O2S/c1-13(2)12-24-8-7-18(23)21(6)11-17(22)20-19-15(4)9-14(3)10-16(19)5/h9-10,13H,7-8,11-12H2,1-6H3,(H,20,22). The van der Waals surface area contributed by atoms with Crippen molar-refractivity contribution in [2.24, 2.45) is 5.92 Å². The second-order valence-corrected chi connectivity index (χ2v) is 7.94. The SMILES string of the molecule is Cc1cc(C)c(NC(=O)CN(C)C(=O)CCSCC(C)C)c(C)c1. The van der Waals surface area contributed by atoms with E-state index in [2.05, 4.69) is 19.2 Å². The van der Waals surface area contributed by atoms with E-state index >= 15 is 0 Å². The zero-order valence-electron chi connectivity index (χ0n) is 15.7. The van der Waals surface area contributed by atoms with E-state index in [9.17, 15) is 9.59 Å². The number of carbonyl (C=O) groups is 2. The van der Waals surface area contributed by atoms with Gasteiger partial charge in [-0.3, -0.25) is 9.59 Å². The Kier molecular flexibility index (Phi) is 8.32. The zero-order chi connectivity index (χ0) is 18.3. The third-order valence-electron chi connectivity index (χ3n) is 3.66. The van der Waals surface area contributed by atoms with Gasteiger partial charge in [0, 0.05) is 24.9 Å². The van der Waals surface area contributed by atoms with Gasteiger partial charge in [-0.05, 0) is 43.6 Å². The van der Waals surface area contributed by atoms with Crippen LogP contribution >= 0.6 is 11.8 Å². The van der Waals surface area contributed by atoms with E-state index in [1.807, 2.05) is 32.9 Å². The van der Waals surface area contributed by atoms with Crippen molar-refractivity contribution >= 4 is 29.3 Å². The molecular formula is C19H30N2O2S. The minimum atomic E-state index is -0.157. The molecule has 4 nitrogen and oxygen atoms in total. The van der Waals surface area contributed by atoms with Gasteiger partial charge >= 0.3 is 0 Å². The molecule has 0 radical (unpaired) electrons. The summed E-state index contributed by atoms with van der Waals surface area (Å²) >= 11 is 1.79. The molecule has 0 aliphatic carbocycles. The molecule has 0 unspecified atom stereocenters. The molecular weight excluding hydrogens is 320 g/mol. The number of hydrogen-bond acceptors (Lipinski definition) is 3. The maximum Gasteiger partial charge on any atom is 0.243 e. The molecule has 2 amide bonds. The molecule has 0 aromatic heterocycles. The Hall–Kier alpha value is -1.49. The predicted octanol–water partition coefficient (Wildman–Crippen LogP) is 3.79. The minimum absolute atomic E-state index is 0.0127. The molecule has 1 aromatic rings. The maximum atomic E-state index is 12.2. The van der Waals surface area contributed by atoms with Gasteiger partial charge in [0.25, 0.3) is 0 Å². The molecule has 0 fully saturated rings. The van der Waals surface area contributed by atoms with Crippen LogP contribution in [0, 0.1) is 26.7 Å². The summed E-state index contributed by atoms with van der Waals surface area (Å²) in [6, 6.07) is 4.09. The number of thioether (sulfide) groups is 1. The van der Waals surface area contributed by atoms with Crippen molar-refractivity contribution in [3.05, 3.63) is 28.8 Å². The van der Waals surface area contributed by atoms with Crippen LogP contribution in [-0.4, -0.2) is 41.8 Å². The maximum absolute atomic E-state index is 12.2. The van der Waals surface area contributed by atoms with Gasteiger partial charge in [-0.25, -0.2) is 0 Å². The molecule has 1 N–H and O–H groups in total. The fourth-order valence-electron chi connectivity index (χ4n) is 2.53. The first kappa shape index (κ1) is 20.6. The van der Waals surface area contributed by atoms with Gasteiger partial charge in [-0.1, -0.05) is 31.5 Å². The monoisotopic (exact) mass is 350 g/mol. The molecule has 0 saturated carbocycles. The van der Waals surface area contributed by atoms with Crippen molar-refractivity contribution in [3.8, 4) is 0 Å². The number of anilines is 1. The van der Waals surface area contributed by atoms with Gasteiger partial charge in [-0.15, -0.1) is 0 Å². The van der Waals surface area contributed by atoms with Gasteiger partial charge in [-0.2, -0.15) is 11.8 Å². The average Bonchev–Trinajstić information content (AvgIpc) is 2.46. The van der Waals surface area contributed by atoms with Crippen LogP contribution < -0.4 is 5.32 Å². The quantitative estimate of drug-likeness (QED) is 0.726. The molecule has 0 aliphatic rings. The summed E-state index contributed by atoms with van der Waals surface area (Å²) in [5.74, 6) is 2.35. The van der Waals surface area contributed by atoms with E-state index < -0.39 is 0 Å². The fraction of sp³-hybridized carbons (Fsp3) is 0.579. The number of benzene rings is 1. The number of rotatable bonds is 8. The van der Waals surface area contributed by atoms with Gasteiger partial charge in [0.2, 0.25) is 11.8 Å². The van der Waals surface area contributed by atoms with Crippen molar-refractivity contribution in [2.45, 2.75) is 41.0 Å². The molecule has 1 aromatic carbocycles. The van der Waals surface area contributed by atoms with Gasteiger partial charge in [0.15, 0.2) is 0 Å². The number of likely N-dealkylation sites (N-methyl/N-ethyl adjacent to an activating group) is 1. The summed E-state index contributed by atoms with van der Waals surface area (Å²) in [6.07, 6.45) is 0.476. The molecule has 0 atom stereocenters. The lowest BCUT2D eigenvalue weighted by molar-refractivity contribution is -0.132. The van der Waals surface area contributed by atoms with Crippen LogP contribution in [0.2, 0.25) is 0 Å². The topological polar surface area (TPSA) is 49.4 Å². The van der Waals surface area contributed by atoms with E-state index in [1.165, 1.54) is 10.5 Å². The minimum Gasteiger partial charge on any atom is -0.336 e. The Bertz CT molecular complexity index is 562.